The molecular weight excluding hydrogens is 506 g/mol. The molecule has 2 amide bonds. The van der Waals surface area contributed by atoms with Crippen molar-refractivity contribution in [1.29, 1.82) is 0 Å². The molecule has 0 saturated carbocycles. The summed E-state index contributed by atoms with van der Waals surface area (Å²) in [5.74, 6) is 0.439. The second-order valence-corrected chi connectivity index (χ2v) is 11.0. The molecule has 9 nitrogen and oxygen atoms in total. The molecule has 4 rings (SSSR count). The lowest BCUT2D eigenvalue weighted by Gasteiger charge is -2.34. The van der Waals surface area contributed by atoms with E-state index in [9.17, 15) is 9.59 Å². The van der Waals surface area contributed by atoms with Crippen molar-refractivity contribution in [3.8, 4) is 11.5 Å². The molecule has 1 N–H and O–H groups in total. The molecule has 3 aromatic carbocycles. The van der Waals surface area contributed by atoms with Crippen LogP contribution in [0, 0.1) is 0 Å². The molecule has 0 aliphatic heterocycles. The van der Waals surface area contributed by atoms with Gasteiger partial charge in [-0.2, -0.15) is 0 Å². The minimum atomic E-state index is -1.07. The molecule has 1 unspecified atom stereocenters. The number of hydrogen-bond donors (Lipinski definition) is 1. The number of methoxy groups -OCH3 is 2. The molecule has 1 aromatic heterocycles. The van der Waals surface area contributed by atoms with Crippen LogP contribution in [0.15, 0.2) is 66.7 Å². The molecule has 9 heteroatoms. The van der Waals surface area contributed by atoms with E-state index in [1.807, 2.05) is 69.3 Å². The first-order valence-corrected chi connectivity index (χ1v) is 13.3. The number of aromatic nitrogens is 3. The Labute approximate surface area is 235 Å². The summed E-state index contributed by atoms with van der Waals surface area (Å²) in [5, 5.41) is 11.5. The van der Waals surface area contributed by atoms with Crippen LogP contribution in [0.1, 0.15) is 57.7 Å². The summed E-state index contributed by atoms with van der Waals surface area (Å²) in [6.07, 6.45) is 0. The average molecular weight is 544 g/mol. The molecule has 0 aliphatic carbocycles. The zero-order valence-electron chi connectivity index (χ0n) is 24.1. The topological polar surface area (TPSA) is 98.6 Å². The first-order chi connectivity index (χ1) is 19.0. The van der Waals surface area contributed by atoms with Gasteiger partial charge < -0.3 is 14.8 Å². The molecule has 1 heterocycles. The third kappa shape index (κ3) is 6.09. The standard InChI is InChI=1S/C31H37N5O4/c1-20(2)21-15-17-22(18-16-21)36(27(37)19-35-25-13-9-8-12-24(25)33-34-35)28(30(38)32-31(3,4)5)23-11-10-14-26(39-6)29(23)40-7/h8-18,20,28H,19H2,1-7H3,(H,32,38). The van der Waals surface area contributed by atoms with Crippen molar-refractivity contribution in [3.05, 3.63) is 77.9 Å². The normalized spacial score (nSPS) is 12.3. The fourth-order valence-corrected chi connectivity index (χ4v) is 4.66. The zero-order valence-corrected chi connectivity index (χ0v) is 24.1. The van der Waals surface area contributed by atoms with Crippen LogP contribution in [0.5, 0.6) is 11.5 Å². The van der Waals surface area contributed by atoms with E-state index in [1.54, 1.807) is 22.9 Å². The van der Waals surface area contributed by atoms with E-state index in [1.165, 1.54) is 19.1 Å². The summed E-state index contributed by atoms with van der Waals surface area (Å²) in [6.45, 7) is 9.78. The Hall–Kier alpha value is -4.40. The van der Waals surface area contributed by atoms with Crippen LogP contribution in [-0.4, -0.2) is 46.6 Å². The van der Waals surface area contributed by atoms with E-state index in [0.29, 0.717) is 34.2 Å². The van der Waals surface area contributed by atoms with Gasteiger partial charge in [0.1, 0.15) is 18.1 Å². The quantitative estimate of drug-likeness (QED) is 0.309. The van der Waals surface area contributed by atoms with Gasteiger partial charge in [0.2, 0.25) is 11.8 Å². The summed E-state index contributed by atoms with van der Waals surface area (Å²) < 4.78 is 12.8. The first-order valence-electron chi connectivity index (χ1n) is 13.3. The Morgan fingerprint density at radius 2 is 1.65 bits per heavy atom. The highest BCUT2D eigenvalue weighted by atomic mass is 16.5. The Morgan fingerprint density at radius 3 is 2.27 bits per heavy atom. The van der Waals surface area contributed by atoms with Gasteiger partial charge in [-0.1, -0.05) is 55.5 Å². The van der Waals surface area contributed by atoms with Crippen LogP contribution in [-0.2, 0) is 16.1 Å². The monoisotopic (exact) mass is 543 g/mol. The third-order valence-corrected chi connectivity index (χ3v) is 6.54. The first kappa shape index (κ1) is 28.6. The lowest BCUT2D eigenvalue weighted by Crippen LogP contribution is -2.50. The SMILES string of the molecule is COc1cccc(C(C(=O)NC(C)(C)C)N(C(=O)Cn2nnc3ccccc32)c2ccc(C(C)C)cc2)c1OC. The summed E-state index contributed by atoms with van der Waals surface area (Å²) in [5.41, 5.74) is 3.03. The van der Waals surface area contributed by atoms with Crippen LogP contribution >= 0.6 is 0 Å². The van der Waals surface area contributed by atoms with Gasteiger partial charge in [-0.25, -0.2) is 4.68 Å². The lowest BCUT2D eigenvalue weighted by molar-refractivity contribution is -0.128. The van der Waals surface area contributed by atoms with Crippen molar-refractivity contribution >= 4 is 28.5 Å². The van der Waals surface area contributed by atoms with Crippen molar-refractivity contribution < 1.29 is 19.1 Å². The molecule has 0 spiro atoms. The van der Waals surface area contributed by atoms with Crippen LogP contribution in [0.25, 0.3) is 11.0 Å². The summed E-state index contributed by atoms with van der Waals surface area (Å²) >= 11 is 0. The van der Waals surface area contributed by atoms with Crippen LogP contribution in [0.2, 0.25) is 0 Å². The predicted octanol–water partition coefficient (Wildman–Crippen LogP) is 5.26. The number of rotatable bonds is 9. The summed E-state index contributed by atoms with van der Waals surface area (Å²) in [6, 6.07) is 19.4. The van der Waals surface area contributed by atoms with Crippen molar-refractivity contribution in [2.75, 3.05) is 19.1 Å². The molecule has 1 atom stereocenters. The number of nitrogens with zero attached hydrogens (tertiary/aromatic N) is 4. The van der Waals surface area contributed by atoms with Crippen LogP contribution in [0.4, 0.5) is 5.69 Å². The molecule has 0 bridgehead atoms. The van der Waals surface area contributed by atoms with Crippen LogP contribution in [0.3, 0.4) is 0 Å². The molecule has 0 fully saturated rings. The van der Waals surface area contributed by atoms with E-state index in [-0.39, 0.29) is 18.4 Å². The number of anilines is 1. The molecule has 4 aromatic rings. The summed E-state index contributed by atoms with van der Waals surface area (Å²) in [4.78, 5) is 29.9. The van der Waals surface area contributed by atoms with Gasteiger partial charge in [0, 0.05) is 16.8 Å². The van der Waals surface area contributed by atoms with Gasteiger partial charge in [-0.15, -0.1) is 5.10 Å². The Bertz CT molecular complexity index is 1490. The Morgan fingerprint density at radius 1 is 0.950 bits per heavy atom. The number of carbonyl (C=O) groups excluding carboxylic acids is 2. The van der Waals surface area contributed by atoms with Gasteiger partial charge in [0.15, 0.2) is 11.5 Å². The zero-order chi connectivity index (χ0) is 29.0. The average Bonchev–Trinajstić information content (AvgIpc) is 3.32. The minimum Gasteiger partial charge on any atom is -0.493 e. The minimum absolute atomic E-state index is 0.127. The van der Waals surface area contributed by atoms with Crippen molar-refractivity contribution in [3.63, 3.8) is 0 Å². The van der Waals surface area contributed by atoms with E-state index in [4.69, 9.17) is 9.47 Å². The number of benzene rings is 3. The molecule has 0 radical (unpaired) electrons. The molecule has 210 valence electrons. The predicted molar refractivity (Wildman–Crippen MR) is 156 cm³/mol. The second kappa shape index (κ2) is 11.8. The van der Waals surface area contributed by atoms with E-state index in [0.717, 1.165) is 11.1 Å². The third-order valence-electron chi connectivity index (χ3n) is 6.54. The van der Waals surface area contributed by atoms with E-state index in [2.05, 4.69) is 29.5 Å². The molecular formula is C31H37N5O4. The highest BCUT2D eigenvalue weighted by Crippen LogP contribution is 2.39. The van der Waals surface area contributed by atoms with Crippen molar-refractivity contribution in [2.24, 2.45) is 0 Å². The largest absolute Gasteiger partial charge is 0.493 e. The maximum Gasteiger partial charge on any atom is 0.249 e. The van der Waals surface area contributed by atoms with Gasteiger partial charge in [0.05, 0.1) is 19.7 Å². The van der Waals surface area contributed by atoms with Gasteiger partial charge in [-0.05, 0) is 62.6 Å². The number of amides is 2. The van der Waals surface area contributed by atoms with Crippen LogP contribution < -0.4 is 19.7 Å². The fourth-order valence-electron chi connectivity index (χ4n) is 4.66. The summed E-state index contributed by atoms with van der Waals surface area (Å²) in [7, 11) is 3.06. The van der Waals surface area contributed by atoms with Crippen molar-refractivity contribution in [2.45, 2.75) is 58.7 Å². The van der Waals surface area contributed by atoms with Crippen molar-refractivity contribution in [1.82, 2.24) is 20.3 Å². The number of carbonyl (C=O) groups is 2. The molecule has 40 heavy (non-hydrogen) atoms. The van der Waals surface area contributed by atoms with E-state index < -0.39 is 11.6 Å². The highest BCUT2D eigenvalue weighted by Gasteiger charge is 2.37. The number of hydrogen-bond acceptors (Lipinski definition) is 6. The molecule has 0 aliphatic rings. The smallest absolute Gasteiger partial charge is 0.249 e. The maximum atomic E-state index is 14.3. The number of nitrogens with one attached hydrogen (secondary N) is 1. The Balaban J connectivity index is 1.90. The molecule has 0 saturated heterocycles. The fraction of sp³-hybridized carbons (Fsp3) is 0.355. The van der Waals surface area contributed by atoms with Gasteiger partial charge >= 0.3 is 0 Å². The van der Waals surface area contributed by atoms with E-state index >= 15 is 0 Å². The maximum absolute atomic E-state index is 14.3. The number of para-hydroxylation sites is 2. The van der Waals surface area contributed by atoms with Gasteiger partial charge in [0.25, 0.3) is 0 Å². The Kier molecular flexibility index (Phi) is 8.42. The lowest BCUT2D eigenvalue weighted by atomic mass is 9.98. The number of fused-ring (bicyclic) bond motifs is 1. The number of ether oxygens (including phenoxy) is 2. The second-order valence-electron chi connectivity index (χ2n) is 11.0. The van der Waals surface area contributed by atoms with Gasteiger partial charge in [-0.3, -0.25) is 14.5 Å². The highest BCUT2D eigenvalue weighted by molar-refractivity contribution is 6.02.